The molecule has 1 aromatic carbocycles. The third kappa shape index (κ3) is 3.91. The second-order valence-electron chi connectivity index (χ2n) is 4.02. The number of methoxy groups -OCH3 is 2. The van der Waals surface area contributed by atoms with E-state index in [4.69, 9.17) is 15.2 Å². The monoisotopic (exact) mass is 303 g/mol. The molecule has 0 unspecified atom stereocenters. The maximum atomic E-state index is 5.60. The van der Waals surface area contributed by atoms with Gasteiger partial charge in [0.05, 0.1) is 0 Å². The Labute approximate surface area is 110 Å². The van der Waals surface area contributed by atoms with Crippen molar-refractivity contribution in [2.24, 2.45) is 5.73 Å². The number of nitrogens with two attached hydrogens (primary N) is 1. The van der Waals surface area contributed by atoms with Crippen LogP contribution >= 0.6 is 0 Å². The van der Waals surface area contributed by atoms with Crippen molar-refractivity contribution in [2.45, 2.75) is 25.1 Å². The minimum atomic E-state index is 0.403. The van der Waals surface area contributed by atoms with E-state index >= 15 is 0 Å². The van der Waals surface area contributed by atoms with E-state index in [0.29, 0.717) is 26.3 Å². The van der Waals surface area contributed by atoms with Crippen molar-refractivity contribution in [3.63, 3.8) is 0 Å². The zero-order chi connectivity index (χ0) is 12.8. The molecule has 0 aliphatic carbocycles. The van der Waals surface area contributed by atoms with Gasteiger partial charge in [-0.1, -0.05) is 0 Å². The molecule has 0 heterocycles. The molecule has 2 N–H and O–H groups in total. The second-order valence-corrected chi connectivity index (χ2v) is 7.42. The molecule has 0 saturated heterocycles. The number of benzene rings is 1. The second kappa shape index (κ2) is 6.90. The van der Waals surface area contributed by atoms with Crippen LogP contribution in [0.2, 0.25) is 4.82 Å². The Morgan fingerprint density at radius 3 is 2.29 bits per heavy atom. The van der Waals surface area contributed by atoms with E-state index in [1.807, 2.05) is 0 Å². The molecule has 1 rings (SSSR count). The Morgan fingerprint density at radius 1 is 1.18 bits per heavy atom. The van der Waals surface area contributed by atoms with Crippen molar-refractivity contribution in [3.8, 4) is 11.5 Å². The number of hydrogen-bond donors (Lipinski definition) is 1. The molecule has 3 nitrogen and oxygen atoms in total. The topological polar surface area (TPSA) is 44.5 Å². The quantitative estimate of drug-likeness (QED) is 0.807. The molecule has 0 aromatic heterocycles. The SMILES string of the molecule is COc1cc([Se]C(C)C)c(OC)cc1CCN. The standard InChI is InChI=1S/C13H21NO2Se/c1-9(2)17-13-8-11(15-3)10(5-6-14)7-12(13)16-4/h7-9H,5-6,14H2,1-4H3. The Balaban J connectivity index is 3.12. The first-order chi connectivity index (χ1) is 8.12. The molecule has 0 aliphatic rings. The molecular weight excluding hydrogens is 281 g/mol. The predicted octanol–water partition coefficient (Wildman–Crippen LogP) is 1.36. The predicted molar refractivity (Wildman–Crippen MR) is 72.8 cm³/mol. The van der Waals surface area contributed by atoms with Gasteiger partial charge in [0.15, 0.2) is 0 Å². The Bertz CT molecular complexity index is 367. The van der Waals surface area contributed by atoms with Crippen LogP contribution in [-0.2, 0) is 6.42 Å². The van der Waals surface area contributed by atoms with E-state index in [0.717, 1.165) is 23.5 Å². The normalized spacial score (nSPS) is 10.7. The molecule has 0 fully saturated rings. The van der Waals surface area contributed by atoms with Crippen molar-refractivity contribution in [1.82, 2.24) is 0 Å². The van der Waals surface area contributed by atoms with Gasteiger partial charge in [0, 0.05) is 0 Å². The summed E-state index contributed by atoms with van der Waals surface area (Å²) in [5.74, 6) is 1.89. The molecule has 0 atom stereocenters. The summed E-state index contributed by atoms with van der Waals surface area (Å²) in [6.07, 6.45) is 0.814. The fourth-order valence-electron chi connectivity index (χ4n) is 1.63. The van der Waals surface area contributed by atoms with Gasteiger partial charge >= 0.3 is 110 Å². The molecule has 0 aliphatic heterocycles. The van der Waals surface area contributed by atoms with Crippen molar-refractivity contribution >= 4 is 19.4 Å². The van der Waals surface area contributed by atoms with Crippen LogP contribution in [0.25, 0.3) is 0 Å². The van der Waals surface area contributed by atoms with Gasteiger partial charge in [-0.3, -0.25) is 0 Å². The number of hydrogen-bond acceptors (Lipinski definition) is 3. The van der Waals surface area contributed by atoms with Crippen molar-refractivity contribution < 1.29 is 9.47 Å². The van der Waals surface area contributed by atoms with Gasteiger partial charge in [-0.05, 0) is 0 Å². The average Bonchev–Trinajstić information content (AvgIpc) is 2.30. The molecular formula is C13H21NO2Se. The van der Waals surface area contributed by atoms with Crippen LogP contribution in [0.5, 0.6) is 11.5 Å². The zero-order valence-electron chi connectivity index (χ0n) is 10.9. The van der Waals surface area contributed by atoms with E-state index in [2.05, 4.69) is 26.0 Å². The van der Waals surface area contributed by atoms with Gasteiger partial charge in [0.1, 0.15) is 0 Å². The first kappa shape index (κ1) is 14.4. The summed E-state index contributed by atoms with van der Waals surface area (Å²) < 4.78 is 12.1. The van der Waals surface area contributed by atoms with Crippen LogP contribution in [0.4, 0.5) is 0 Å². The van der Waals surface area contributed by atoms with Crippen LogP contribution in [0.15, 0.2) is 12.1 Å². The summed E-state index contributed by atoms with van der Waals surface area (Å²) in [7, 11) is 3.42. The summed E-state index contributed by atoms with van der Waals surface area (Å²) in [5.41, 5.74) is 6.72. The van der Waals surface area contributed by atoms with Gasteiger partial charge in [-0.2, -0.15) is 0 Å². The Morgan fingerprint density at radius 2 is 1.82 bits per heavy atom. The van der Waals surface area contributed by atoms with E-state index in [1.54, 1.807) is 14.2 Å². The minimum absolute atomic E-state index is 0.403. The molecule has 0 spiro atoms. The number of ether oxygens (including phenoxy) is 2. The van der Waals surface area contributed by atoms with Gasteiger partial charge in [0.25, 0.3) is 0 Å². The number of rotatable bonds is 6. The molecule has 1 aromatic rings. The summed E-state index contributed by atoms with van der Waals surface area (Å²) >= 11 is 0.403. The van der Waals surface area contributed by atoms with E-state index < -0.39 is 0 Å². The third-order valence-corrected chi connectivity index (χ3v) is 4.53. The van der Waals surface area contributed by atoms with Crippen molar-refractivity contribution in [3.05, 3.63) is 17.7 Å². The van der Waals surface area contributed by atoms with Crippen LogP contribution < -0.4 is 19.7 Å². The molecule has 0 radical (unpaired) electrons. The first-order valence-electron chi connectivity index (χ1n) is 5.74. The van der Waals surface area contributed by atoms with E-state index in [9.17, 15) is 0 Å². The van der Waals surface area contributed by atoms with Gasteiger partial charge in [-0.25, -0.2) is 0 Å². The van der Waals surface area contributed by atoms with Crippen LogP contribution in [0, 0.1) is 0 Å². The Kier molecular flexibility index (Phi) is 5.83. The molecule has 96 valence electrons. The summed E-state index contributed by atoms with van der Waals surface area (Å²) in [6, 6.07) is 4.16. The van der Waals surface area contributed by atoms with Crippen molar-refractivity contribution in [1.29, 1.82) is 0 Å². The molecule has 17 heavy (non-hydrogen) atoms. The maximum absolute atomic E-state index is 5.60. The fraction of sp³-hybridized carbons (Fsp3) is 0.538. The van der Waals surface area contributed by atoms with Crippen LogP contribution in [-0.4, -0.2) is 35.7 Å². The van der Waals surface area contributed by atoms with Crippen LogP contribution in [0.1, 0.15) is 19.4 Å². The summed E-state index contributed by atoms with van der Waals surface area (Å²) in [5, 5.41) is 0. The summed E-state index contributed by atoms with van der Waals surface area (Å²) in [6.45, 7) is 5.06. The van der Waals surface area contributed by atoms with Gasteiger partial charge in [0.2, 0.25) is 0 Å². The molecule has 0 amide bonds. The van der Waals surface area contributed by atoms with Crippen molar-refractivity contribution in [2.75, 3.05) is 20.8 Å². The Hall–Kier alpha value is -0.701. The molecule has 0 bridgehead atoms. The van der Waals surface area contributed by atoms with Gasteiger partial charge in [-0.15, -0.1) is 0 Å². The first-order valence-corrected chi connectivity index (χ1v) is 7.58. The van der Waals surface area contributed by atoms with Crippen LogP contribution in [0.3, 0.4) is 0 Å². The molecule has 4 heteroatoms. The third-order valence-electron chi connectivity index (χ3n) is 2.34. The molecule has 0 saturated carbocycles. The van der Waals surface area contributed by atoms with Gasteiger partial charge < -0.3 is 0 Å². The van der Waals surface area contributed by atoms with E-state index in [-0.39, 0.29) is 0 Å². The van der Waals surface area contributed by atoms with E-state index in [1.165, 1.54) is 4.46 Å². The average molecular weight is 302 g/mol. The zero-order valence-corrected chi connectivity index (χ0v) is 12.7. The fourth-order valence-corrected chi connectivity index (χ4v) is 3.60. The summed E-state index contributed by atoms with van der Waals surface area (Å²) in [4.78, 5) is 0.654.